The molecule has 0 atom stereocenters. The number of amides is 1. The van der Waals surface area contributed by atoms with Crippen molar-refractivity contribution >= 4 is 15.9 Å². The van der Waals surface area contributed by atoms with Crippen molar-refractivity contribution in [3.63, 3.8) is 0 Å². The van der Waals surface area contributed by atoms with E-state index in [4.69, 9.17) is 5.73 Å². The number of carbonyl (C=O) groups excluding carboxylic acids is 1. The molecule has 1 amide bonds. The molecule has 0 unspecified atom stereocenters. The van der Waals surface area contributed by atoms with Crippen molar-refractivity contribution in [3.8, 4) is 0 Å². The van der Waals surface area contributed by atoms with Gasteiger partial charge >= 0.3 is 0 Å². The molecule has 6 nitrogen and oxygen atoms in total. The van der Waals surface area contributed by atoms with E-state index in [1.165, 1.54) is 0 Å². The van der Waals surface area contributed by atoms with Crippen molar-refractivity contribution in [2.45, 2.75) is 32.1 Å². The van der Waals surface area contributed by atoms with Crippen LogP contribution in [0.15, 0.2) is 0 Å². The highest BCUT2D eigenvalue weighted by Crippen LogP contribution is 2.42. The first-order valence-corrected chi connectivity index (χ1v) is 8.17. The topological polar surface area (TPSA) is 101 Å². The number of hydrogen-bond acceptors (Lipinski definition) is 4. The van der Waals surface area contributed by atoms with Crippen molar-refractivity contribution in [3.05, 3.63) is 0 Å². The number of carbonyl (C=O) groups is 1. The summed E-state index contributed by atoms with van der Waals surface area (Å²) in [7, 11) is -3.13. The fraction of sp³-hybridized carbons (Fsp3) is 0.909. The van der Waals surface area contributed by atoms with Crippen molar-refractivity contribution in [2.24, 2.45) is 11.1 Å². The fourth-order valence-electron chi connectivity index (χ4n) is 2.11. The SMILES string of the molecule is CS(=O)(=O)NCCCNC(=O)CC1(CN)CCC1. The molecule has 1 rings (SSSR count). The van der Waals surface area contributed by atoms with Gasteiger partial charge in [0.2, 0.25) is 15.9 Å². The van der Waals surface area contributed by atoms with Gasteiger partial charge in [-0.2, -0.15) is 0 Å². The van der Waals surface area contributed by atoms with Gasteiger partial charge in [-0.25, -0.2) is 13.1 Å². The van der Waals surface area contributed by atoms with Crippen molar-refractivity contribution in [1.82, 2.24) is 10.0 Å². The second-order valence-corrected chi connectivity index (χ2v) is 6.94. The molecule has 0 heterocycles. The van der Waals surface area contributed by atoms with Crippen LogP contribution in [0.2, 0.25) is 0 Å². The Hall–Kier alpha value is -0.660. The monoisotopic (exact) mass is 277 g/mol. The molecule has 0 saturated heterocycles. The Labute approximate surface area is 109 Å². The van der Waals surface area contributed by atoms with Gasteiger partial charge in [0.15, 0.2) is 0 Å². The first-order valence-electron chi connectivity index (χ1n) is 6.28. The van der Waals surface area contributed by atoms with Crippen LogP contribution in [0.1, 0.15) is 32.1 Å². The summed E-state index contributed by atoms with van der Waals surface area (Å²) in [6, 6.07) is 0. The maximum Gasteiger partial charge on any atom is 0.220 e. The molecule has 1 aliphatic rings. The predicted molar refractivity (Wildman–Crippen MR) is 70.4 cm³/mol. The maximum atomic E-state index is 11.7. The second kappa shape index (κ2) is 6.49. The Balaban J connectivity index is 2.10. The summed E-state index contributed by atoms with van der Waals surface area (Å²) >= 11 is 0. The third kappa shape index (κ3) is 5.32. The highest BCUT2D eigenvalue weighted by atomic mass is 32.2. The Morgan fingerprint density at radius 3 is 2.44 bits per heavy atom. The van der Waals surface area contributed by atoms with E-state index in [0.717, 1.165) is 25.5 Å². The standard InChI is InChI=1S/C11H23N3O3S/c1-18(16,17)14-7-3-6-13-10(15)8-11(9-12)4-2-5-11/h14H,2-9,12H2,1H3,(H,13,15). The Morgan fingerprint density at radius 1 is 1.33 bits per heavy atom. The van der Waals surface area contributed by atoms with Crippen LogP contribution >= 0.6 is 0 Å². The van der Waals surface area contributed by atoms with E-state index in [0.29, 0.717) is 32.5 Å². The van der Waals surface area contributed by atoms with Crippen LogP contribution < -0.4 is 15.8 Å². The van der Waals surface area contributed by atoms with Crippen molar-refractivity contribution < 1.29 is 13.2 Å². The van der Waals surface area contributed by atoms with Gasteiger partial charge in [0.05, 0.1) is 6.26 Å². The molecule has 0 aliphatic heterocycles. The van der Waals surface area contributed by atoms with E-state index in [2.05, 4.69) is 10.0 Å². The molecule has 1 aliphatic carbocycles. The lowest BCUT2D eigenvalue weighted by atomic mass is 9.66. The molecule has 0 bridgehead atoms. The summed E-state index contributed by atoms with van der Waals surface area (Å²) in [6.07, 6.45) is 5.42. The number of sulfonamides is 1. The van der Waals surface area contributed by atoms with E-state index >= 15 is 0 Å². The van der Waals surface area contributed by atoms with Crippen LogP contribution in [0.4, 0.5) is 0 Å². The number of nitrogens with one attached hydrogen (secondary N) is 2. The van der Waals surface area contributed by atoms with Crippen LogP contribution in [0.25, 0.3) is 0 Å². The Morgan fingerprint density at radius 2 is 2.00 bits per heavy atom. The van der Waals surface area contributed by atoms with Crippen LogP contribution in [0.5, 0.6) is 0 Å². The van der Waals surface area contributed by atoms with Crippen LogP contribution in [0, 0.1) is 5.41 Å². The lowest BCUT2D eigenvalue weighted by Crippen LogP contribution is -2.42. The van der Waals surface area contributed by atoms with Crippen LogP contribution in [-0.4, -0.2) is 40.2 Å². The first kappa shape index (κ1) is 15.4. The summed E-state index contributed by atoms with van der Waals surface area (Å²) in [5.74, 6) is 0.0134. The minimum Gasteiger partial charge on any atom is -0.356 e. The summed E-state index contributed by atoms with van der Waals surface area (Å²) < 4.78 is 24.0. The zero-order valence-electron chi connectivity index (χ0n) is 10.9. The van der Waals surface area contributed by atoms with E-state index in [-0.39, 0.29) is 11.3 Å². The highest BCUT2D eigenvalue weighted by molar-refractivity contribution is 7.88. The van der Waals surface area contributed by atoms with Gasteiger partial charge in [-0.15, -0.1) is 0 Å². The molecular weight excluding hydrogens is 254 g/mol. The molecule has 0 aromatic heterocycles. The molecule has 1 fully saturated rings. The number of rotatable bonds is 8. The Bertz CT molecular complexity index is 371. The molecule has 0 spiro atoms. The molecule has 0 radical (unpaired) electrons. The number of hydrogen-bond donors (Lipinski definition) is 3. The first-order chi connectivity index (χ1) is 8.37. The lowest BCUT2D eigenvalue weighted by molar-refractivity contribution is -0.124. The third-order valence-corrected chi connectivity index (χ3v) is 4.15. The third-order valence-electron chi connectivity index (χ3n) is 3.42. The summed E-state index contributed by atoms with van der Waals surface area (Å²) in [5, 5.41) is 2.80. The van der Waals surface area contributed by atoms with Crippen LogP contribution in [-0.2, 0) is 14.8 Å². The van der Waals surface area contributed by atoms with Gasteiger partial charge in [-0.05, 0) is 31.2 Å². The molecule has 0 aromatic carbocycles. The van der Waals surface area contributed by atoms with Gasteiger partial charge < -0.3 is 11.1 Å². The van der Waals surface area contributed by atoms with Gasteiger partial charge in [0.1, 0.15) is 0 Å². The minimum atomic E-state index is -3.13. The van der Waals surface area contributed by atoms with E-state index < -0.39 is 10.0 Å². The highest BCUT2D eigenvalue weighted by Gasteiger charge is 2.37. The van der Waals surface area contributed by atoms with Gasteiger partial charge in [-0.3, -0.25) is 4.79 Å². The smallest absolute Gasteiger partial charge is 0.220 e. The number of nitrogens with two attached hydrogens (primary N) is 1. The Kier molecular flexibility index (Phi) is 5.55. The summed E-state index contributed by atoms with van der Waals surface area (Å²) in [6.45, 7) is 1.40. The molecular formula is C11H23N3O3S. The van der Waals surface area contributed by atoms with E-state index in [1.54, 1.807) is 0 Å². The molecule has 0 aromatic rings. The van der Waals surface area contributed by atoms with Crippen molar-refractivity contribution in [2.75, 3.05) is 25.9 Å². The summed E-state index contributed by atoms with van der Waals surface area (Å²) in [5.41, 5.74) is 5.71. The average molecular weight is 277 g/mol. The molecule has 7 heteroatoms. The zero-order valence-corrected chi connectivity index (χ0v) is 11.7. The van der Waals surface area contributed by atoms with Crippen LogP contribution in [0.3, 0.4) is 0 Å². The van der Waals surface area contributed by atoms with Gasteiger partial charge in [-0.1, -0.05) is 6.42 Å². The second-order valence-electron chi connectivity index (χ2n) is 5.10. The largest absolute Gasteiger partial charge is 0.356 e. The maximum absolute atomic E-state index is 11.7. The van der Waals surface area contributed by atoms with Gasteiger partial charge in [0.25, 0.3) is 0 Å². The average Bonchev–Trinajstić information content (AvgIpc) is 2.21. The molecule has 1 saturated carbocycles. The predicted octanol–water partition coefficient (Wildman–Crippen LogP) is -0.439. The molecule has 4 N–H and O–H groups in total. The summed E-state index contributed by atoms with van der Waals surface area (Å²) in [4.78, 5) is 11.7. The zero-order chi connectivity index (χ0) is 13.6. The van der Waals surface area contributed by atoms with E-state index in [9.17, 15) is 13.2 Å². The normalized spacial score (nSPS) is 18.1. The van der Waals surface area contributed by atoms with E-state index in [1.807, 2.05) is 0 Å². The lowest BCUT2D eigenvalue weighted by Gasteiger charge is -2.40. The van der Waals surface area contributed by atoms with Gasteiger partial charge in [0, 0.05) is 19.5 Å². The fourth-order valence-corrected chi connectivity index (χ4v) is 2.62. The minimum absolute atomic E-state index is 0.0134. The molecule has 106 valence electrons. The quantitative estimate of drug-likeness (QED) is 0.524. The molecule has 18 heavy (non-hydrogen) atoms. The van der Waals surface area contributed by atoms with Crippen molar-refractivity contribution in [1.29, 1.82) is 0 Å².